The van der Waals surface area contributed by atoms with Gasteiger partial charge in [-0.2, -0.15) is 0 Å². The van der Waals surface area contributed by atoms with E-state index in [9.17, 15) is 9.59 Å². The molecule has 2 unspecified atom stereocenters. The summed E-state index contributed by atoms with van der Waals surface area (Å²) in [6.07, 6.45) is 2.99. The summed E-state index contributed by atoms with van der Waals surface area (Å²) >= 11 is 0. The van der Waals surface area contributed by atoms with Crippen LogP contribution in [0.2, 0.25) is 0 Å². The highest BCUT2D eigenvalue weighted by atomic mass is 16.4. The second kappa shape index (κ2) is 5.14. The molecule has 1 aliphatic rings. The van der Waals surface area contributed by atoms with Crippen LogP contribution in [0, 0.1) is 11.8 Å². The molecule has 16 heavy (non-hydrogen) atoms. The highest BCUT2D eigenvalue weighted by Gasteiger charge is 2.29. The third kappa shape index (κ3) is 2.84. The molecule has 0 radical (unpaired) electrons. The molecule has 0 bridgehead atoms. The van der Waals surface area contributed by atoms with E-state index in [0.29, 0.717) is 13.1 Å². The predicted molar refractivity (Wildman–Crippen MR) is 60.9 cm³/mol. The first-order valence-corrected chi connectivity index (χ1v) is 5.60. The summed E-state index contributed by atoms with van der Waals surface area (Å²) in [5, 5.41) is 8.87. The van der Waals surface area contributed by atoms with Gasteiger partial charge in [-0.3, -0.25) is 9.59 Å². The summed E-state index contributed by atoms with van der Waals surface area (Å²) in [6.45, 7) is 6.60. The average molecular weight is 225 g/mol. The van der Waals surface area contributed by atoms with Crippen LogP contribution in [0.3, 0.4) is 0 Å². The monoisotopic (exact) mass is 225 g/mol. The van der Waals surface area contributed by atoms with Crippen molar-refractivity contribution in [2.75, 3.05) is 13.1 Å². The lowest BCUT2D eigenvalue weighted by molar-refractivity contribution is -0.149. The van der Waals surface area contributed by atoms with E-state index in [1.807, 2.05) is 6.92 Å². The molecule has 4 nitrogen and oxygen atoms in total. The van der Waals surface area contributed by atoms with Gasteiger partial charge in [0.1, 0.15) is 0 Å². The zero-order valence-electron chi connectivity index (χ0n) is 10.1. The van der Waals surface area contributed by atoms with Crippen molar-refractivity contribution in [1.82, 2.24) is 4.90 Å². The molecule has 0 saturated carbocycles. The van der Waals surface area contributed by atoms with E-state index in [4.69, 9.17) is 5.11 Å². The second-order valence-electron chi connectivity index (χ2n) is 4.51. The molecule has 1 amide bonds. The zero-order chi connectivity index (χ0) is 12.3. The van der Waals surface area contributed by atoms with Gasteiger partial charge in [-0.15, -0.1) is 0 Å². The van der Waals surface area contributed by atoms with Gasteiger partial charge in [0.15, 0.2) is 0 Å². The molecule has 0 aromatic rings. The van der Waals surface area contributed by atoms with E-state index >= 15 is 0 Å². The van der Waals surface area contributed by atoms with Gasteiger partial charge in [0.25, 0.3) is 0 Å². The molecule has 0 aromatic carbocycles. The molecule has 90 valence electrons. The van der Waals surface area contributed by atoms with Gasteiger partial charge in [-0.05, 0) is 13.3 Å². The standard InChI is InChI=1S/C12H19NO3/c1-8-5-4-6-13(7-8)11(14)9(2)10(3)12(15)16/h5,9-10H,4,6-7H2,1-3H3,(H,15,16). The first-order valence-electron chi connectivity index (χ1n) is 5.60. The van der Waals surface area contributed by atoms with Gasteiger partial charge in [0.2, 0.25) is 5.91 Å². The van der Waals surface area contributed by atoms with E-state index in [1.54, 1.807) is 18.7 Å². The van der Waals surface area contributed by atoms with Gasteiger partial charge in [-0.1, -0.05) is 25.5 Å². The molecular weight excluding hydrogens is 206 g/mol. The van der Waals surface area contributed by atoms with Crippen LogP contribution in [0.25, 0.3) is 0 Å². The number of carboxylic acids is 1. The summed E-state index contributed by atoms with van der Waals surface area (Å²) in [6, 6.07) is 0. The summed E-state index contributed by atoms with van der Waals surface area (Å²) in [7, 11) is 0. The number of rotatable bonds is 3. The van der Waals surface area contributed by atoms with Crippen LogP contribution >= 0.6 is 0 Å². The molecule has 1 heterocycles. The van der Waals surface area contributed by atoms with E-state index in [1.165, 1.54) is 5.57 Å². The Hall–Kier alpha value is -1.32. The first kappa shape index (κ1) is 12.7. The number of aliphatic carboxylic acids is 1. The zero-order valence-corrected chi connectivity index (χ0v) is 10.1. The Morgan fingerprint density at radius 1 is 1.38 bits per heavy atom. The third-order valence-corrected chi connectivity index (χ3v) is 3.17. The van der Waals surface area contributed by atoms with Crippen molar-refractivity contribution in [3.05, 3.63) is 11.6 Å². The molecule has 0 aliphatic carbocycles. The molecule has 1 aliphatic heterocycles. The van der Waals surface area contributed by atoms with Crippen molar-refractivity contribution in [2.45, 2.75) is 27.2 Å². The minimum atomic E-state index is -0.912. The number of hydrogen-bond acceptors (Lipinski definition) is 2. The molecule has 2 atom stereocenters. The van der Waals surface area contributed by atoms with Crippen molar-refractivity contribution in [1.29, 1.82) is 0 Å². The van der Waals surface area contributed by atoms with Crippen LogP contribution in [0.15, 0.2) is 11.6 Å². The number of carboxylic acid groups (broad SMARTS) is 1. The summed E-state index contributed by atoms with van der Waals surface area (Å²) in [4.78, 5) is 24.6. The SMILES string of the molecule is CC1=CCCN(C(=O)C(C)C(C)C(=O)O)C1. The lowest BCUT2D eigenvalue weighted by atomic mass is 9.94. The van der Waals surface area contributed by atoms with Crippen LogP contribution in [0.4, 0.5) is 0 Å². The molecule has 0 aromatic heterocycles. The van der Waals surface area contributed by atoms with Crippen LogP contribution in [-0.2, 0) is 9.59 Å². The minimum Gasteiger partial charge on any atom is -0.481 e. The van der Waals surface area contributed by atoms with Crippen molar-refractivity contribution in [3.63, 3.8) is 0 Å². The van der Waals surface area contributed by atoms with Crippen LogP contribution in [0.1, 0.15) is 27.2 Å². The quantitative estimate of drug-likeness (QED) is 0.741. The van der Waals surface area contributed by atoms with Crippen molar-refractivity contribution in [3.8, 4) is 0 Å². The normalized spacial score (nSPS) is 19.9. The van der Waals surface area contributed by atoms with Crippen molar-refractivity contribution in [2.24, 2.45) is 11.8 Å². The molecule has 0 spiro atoms. The molecule has 4 heteroatoms. The maximum atomic E-state index is 12.0. The van der Waals surface area contributed by atoms with Crippen LogP contribution in [-0.4, -0.2) is 35.0 Å². The molecule has 0 fully saturated rings. The smallest absolute Gasteiger partial charge is 0.307 e. The Morgan fingerprint density at radius 2 is 2.00 bits per heavy atom. The molecule has 1 rings (SSSR count). The maximum Gasteiger partial charge on any atom is 0.307 e. The van der Waals surface area contributed by atoms with Gasteiger partial charge >= 0.3 is 5.97 Å². The fourth-order valence-corrected chi connectivity index (χ4v) is 1.82. The van der Waals surface area contributed by atoms with Crippen molar-refractivity contribution >= 4 is 11.9 Å². The van der Waals surface area contributed by atoms with E-state index < -0.39 is 17.8 Å². The van der Waals surface area contributed by atoms with Crippen LogP contribution < -0.4 is 0 Å². The van der Waals surface area contributed by atoms with Crippen LogP contribution in [0.5, 0.6) is 0 Å². The Morgan fingerprint density at radius 3 is 2.50 bits per heavy atom. The fraction of sp³-hybridized carbons (Fsp3) is 0.667. The Bertz CT molecular complexity index is 318. The average Bonchev–Trinajstić information content (AvgIpc) is 2.26. The molecular formula is C12H19NO3. The predicted octanol–water partition coefficient (Wildman–Crippen LogP) is 1.52. The number of hydrogen-bond donors (Lipinski definition) is 1. The van der Waals surface area contributed by atoms with E-state index in [-0.39, 0.29) is 5.91 Å². The number of carbonyl (C=O) groups is 2. The topological polar surface area (TPSA) is 57.6 Å². The largest absolute Gasteiger partial charge is 0.481 e. The molecule has 1 N–H and O–H groups in total. The number of carbonyl (C=O) groups excluding carboxylic acids is 1. The summed E-state index contributed by atoms with van der Waals surface area (Å²) in [5.41, 5.74) is 1.18. The fourth-order valence-electron chi connectivity index (χ4n) is 1.82. The first-order chi connectivity index (χ1) is 7.43. The Labute approximate surface area is 95.9 Å². The summed E-state index contributed by atoms with van der Waals surface area (Å²) in [5.74, 6) is -2.05. The second-order valence-corrected chi connectivity index (χ2v) is 4.51. The van der Waals surface area contributed by atoms with E-state index in [0.717, 1.165) is 6.42 Å². The number of nitrogens with zero attached hydrogens (tertiary/aromatic N) is 1. The van der Waals surface area contributed by atoms with Gasteiger partial charge in [0.05, 0.1) is 5.92 Å². The van der Waals surface area contributed by atoms with E-state index in [2.05, 4.69) is 6.08 Å². The highest BCUT2D eigenvalue weighted by Crippen LogP contribution is 2.18. The highest BCUT2D eigenvalue weighted by molar-refractivity contribution is 5.84. The van der Waals surface area contributed by atoms with Gasteiger partial charge in [-0.25, -0.2) is 0 Å². The third-order valence-electron chi connectivity index (χ3n) is 3.17. The lowest BCUT2D eigenvalue weighted by Gasteiger charge is -2.29. The van der Waals surface area contributed by atoms with Gasteiger partial charge < -0.3 is 10.0 Å². The summed E-state index contributed by atoms with van der Waals surface area (Å²) < 4.78 is 0. The molecule has 0 saturated heterocycles. The lowest BCUT2D eigenvalue weighted by Crippen LogP contribution is -2.41. The van der Waals surface area contributed by atoms with Crippen molar-refractivity contribution < 1.29 is 14.7 Å². The maximum absolute atomic E-state index is 12.0. The number of amides is 1. The Balaban J connectivity index is 2.64. The van der Waals surface area contributed by atoms with Gasteiger partial charge in [0, 0.05) is 19.0 Å². The Kier molecular flexibility index (Phi) is 4.10. The minimum absolute atomic E-state index is 0.0534.